The normalized spacial score (nSPS) is 20.4. The number of aliphatic imine (C=N–C) groups is 1. The maximum atomic E-state index is 4.86. The Balaban J connectivity index is 1.52. The Kier molecular flexibility index (Phi) is 10.0. The van der Waals surface area contributed by atoms with E-state index in [1.807, 2.05) is 13.0 Å². The molecular weight excluding hydrogens is 442 g/mol. The van der Waals surface area contributed by atoms with Crippen molar-refractivity contribution in [2.75, 3.05) is 39.3 Å². The van der Waals surface area contributed by atoms with Crippen LogP contribution in [0.1, 0.15) is 58.1 Å². The summed E-state index contributed by atoms with van der Waals surface area (Å²) in [7, 11) is 0. The Morgan fingerprint density at radius 1 is 1.06 bits per heavy atom. The Morgan fingerprint density at radius 3 is 2.31 bits per heavy atom. The van der Waals surface area contributed by atoms with E-state index in [-0.39, 0.29) is 0 Å². The van der Waals surface area contributed by atoms with Crippen LogP contribution in [0.5, 0.6) is 0 Å². The van der Waals surface area contributed by atoms with E-state index in [1.54, 1.807) is 0 Å². The van der Waals surface area contributed by atoms with Crippen LogP contribution in [-0.2, 0) is 0 Å². The molecule has 0 amide bonds. The molecule has 0 saturated carbocycles. The summed E-state index contributed by atoms with van der Waals surface area (Å²) in [4.78, 5) is 12.4. The van der Waals surface area contributed by atoms with Crippen LogP contribution in [0.15, 0.2) is 72.2 Å². The van der Waals surface area contributed by atoms with E-state index >= 15 is 0 Å². The van der Waals surface area contributed by atoms with Gasteiger partial charge in [-0.05, 0) is 52.5 Å². The van der Waals surface area contributed by atoms with Crippen molar-refractivity contribution in [3.05, 3.63) is 78.3 Å². The molecule has 3 rings (SSSR count). The predicted molar refractivity (Wildman–Crippen MR) is 156 cm³/mol. The fourth-order valence-corrected chi connectivity index (χ4v) is 5.30. The van der Waals surface area contributed by atoms with Crippen LogP contribution in [-0.4, -0.2) is 71.8 Å². The first-order valence-corrected chi connectivity index (χ1v) is 13.6. The summed E-state index contributed by atoms with van der Waals surface area (Å²) < 4.78 is 0. The third-order valence-electron chi connectivity index (χ3n) is 7.64. The topological polar surface area (TPSA) is 34.1 Å². The lowest BCUT2D eigenvalue weighted by molar-refractivity contribution is 0.0430. The van der Waals surface area contributed by atoms with Crippen LogP contribution >= 0.6 is 0 Å². The monoisotopic (exact) mass is 489 g/mol. The van der Waals surface area contributed by atoms with Crippen LogP contribution in [0.4, 0.5) is 0 Å². The number of benzene rings is 1. The van der Waals surface area contributed by atoms with Crippen molar-refractivity contribution in [3.8, 4) is 0 Å². The van der Waals surface area contributed by atoms with Gasteiger partial charge in [0.05, 0.1) is 22.8 Å². The molecule has 0 aliphatic carbocycles. The number of allylic oxidation sites excluding steroid dienone is 2. The largest absolute Gasteiger partial charge is 0.384 e. The third-order valence-corrected chi connectivity index (χ3v) is 7.64. The first-order chi connectivity index (χ1) is 17.2. The molecule has 2 heterocycles. The van der Waals surface area contributed by atoms with Gasteiger partial charge in [-0.25, -0.2) is 4.99 Å². The standard InChI is InChI=1S/C31H47N5/c1-9-17-32-26(6)31(10-2)33-25(5)27(7)35-20-21-36(24(4)22-35)30-15-18-34(19-16-30)28(8)29-13-11-23(3)12-14-29/h10-14,24,30,32H,6-9,15-22H2,1-5H3/b31-10-,33-25?. The van der Waals surface area contributed by atoms with Crippen molar-refractivity contribution in [1.82, 2.24) is 20.0 Å². The summed E-state index contributed by atoms with van der Waals surface area (Å²) in [5.74, 6) is 0. The maximum Gasteiger partial charge on any atom is 0.0816 e. The van der Waals surface area contributed by atoms with Crippen LogP contribution in [0.2, 0.25) is 0 Å². The molecule has 0 spiro atoms. The van der Waals surface area contributed by atoms with Crippen molar-refractivity contribution in [3.63, 3.8) is 0 Å². The lowest BCUT2D eigenvalue weighted by atomic mass is 9.98. The predicted octanol–water partition coefficient (Wildman–Crippen LogP) is 5.83. The highest BCUT2D eigenvalue weighted by Gasteiger charge is 2.32. The minimum absolute atomic E-state index is 0.488. The second-order valence-corrected chi connectivity index (χ2v) is 10.3. The summed E-state index contributed by atoms with van der Waals surface area (Å²) in [5, 5.41) is 3.35. The van der Waals surface area contributed by atoms with Crippen LogP contribution in [0, 0.1) is 6.92 Å². The summed E-state index contributed by atoms with van der Waals surface area (Å²) in [5.41, 5.74) is 7.44. The van der Waals surface area contributed by atoms with Crippen LogP contribution in [0.25, 0.3) is 5.70 Å². The second kappa shape index (κ2) is 13.0. The summed E-state index contributed by atoms with van der Waals surface area (Å²) in [6.45, 7) is 29.8. The van der Waals surface area contributed by atoms with Gasteiger partial charge in [0.2, 0.25) is 0 Å². The number of rotatable bonds is 10. The van der Waals surface area contributed by atoms with E-state index in [9.17, 15) is 0 Å². The smallest absolute Gasteiger partial charge is 0.0816 e. The van der Waals surface area contributed by atoms with Gasteiger partial charge in [0.1, 0.15) is 0 Å². The van der Waals surface area contributed by atoms with Gasteiger partial charge in [-0.2, -0.15) is 0 Å². The molecule has 2 fully saturated rings. The van der Waals surface area contributed by atoms with Gasteiger partial charge in [0.15, 0.2) is 0 Å². The number of aryl methyl sites for hydroxylation is 1. The molecule has 5 nitrogen and oxygen atoms in total. The molecule has 1 N–H and O–H groups in total. The zero-order valence-corrected chi connectivity index (χ0v) is 23.3. The SMILES string of the molecule is C=C(NCCC)/C(=C/C)N=C(C)C(=C)N1CCN(C2CCN(C(=C)c3ccc(C)cc3)CC2)C(C)C1. The summed E-state index contributed by atoms with van der Waals surface area (Å²) >= 11 is 0. The van der Waals surface area contributed by atoms with Gasteiger partial charge in [0.25, 0.3) is 0 Å². The number of piperazine rings is 1. The molecule has 1 aromatic carbocycles. The van der Waals surface area contributed by atoms with Crippen molar-refractivity contribution < 1.29 is 0 Å². The Labute approximate surface area is 220 Å². The van der Waals surface area contributed by atoms with Gasteiger partial charge in [-0.3, -0.25) is 4.90 Å². The fourth-order valence-electron chi connectivity index (χ4n) is 5.30. The lowest BCUT2D eigenvalue weighted by Crippen LogP contribution is -2.57. The van der Waals surface area contributed by atoms with Crippen molar-refractivity contribution in [2.24, 2.45) is 4.99 Å². The minimum atomic E-state index is 0.488. The average molecular weight is 490 g/mol. The first-order valence-electron chi connectivity index (χ1n) is 13.6. The number of hydrogen-bond donors (Lipinski definition) is 1. The molecular formula is C31H47N5. The van der Waals surface area contributed by atoms with E-state index in [1.165, 1.54) is 24.0 Å². The third kappa shape index (κ3) is 6.91. The molecule has 2 aliphatic rings. The van der Waals surface area contributed by atoms with Crippen molar-refractivity contribution in [1.29, 1.82) is 0 Å². The highest BCUT2D eigenvalue weighted by atomic mass is 15.3. The lowest BCUT2D eigenvalue weighted by Gasteiger charge is -2.47. The molecule has 1 aromatic rings. The maximum absolute atomic E-state index is 4.86. The first kappa shape index (κ1) is 27.8. The number of nitrogens with zero attached hydrogens (tertiary/aromatic N) is 4. The number of nitrogens with one attached hydrogen (secondary N) is 1. The highest BCUT2D eigenvalue weighted by Crippen LogP contribution is 2.27. The number of hydrogen-bond acceptors (Lipinski definition) is 5. The summed E-state index contributed by atoms with van der Waals surface area (Å²) in [6, 6.07) is 9.86. The van der Waals surface area contributed by atoms with Gasteiger partial charge in [0, 0.05) is 57.0 Å². The van der Waals surface area contributed by atoms with E-state index in [4.69, 9.17) is 4.99 Å². The zero-order chi connectivity index (χ0) is 26.2. The van der Waals surface area contributed by atoms with Gasteiger partial charge >= 0.3 is 0 Å². The molecule has 5 heteroatoms. The van der Waals surface area contributed by atoms with E-state index in [0.29, 0.717) is 12.1 Å². The molecule has 196 valence electrons. The van der Waals surface area contributed by atoms with Gasteiger partial charge in [-0.15, -0.1) is 0 Å². The van der Waals surface area contributed by atoms with Crippen molar-refractivity contribution >= 4 is 11.4 Å². The number of likely N-dealkylation sites (tertiary alicyclic amines) is 1. The Morgan fingerprint density at radius 2 is 1.72 bits per heavy atom. The Hall–Kier alpha value is -2.79. The van der Waals surface area contributed by atoms with Gasteiger partial charge < -0.3 is 15.1 Å². The second-order valence-electron chi connectivity index (χ2n) is 10.3. The molecule has 1 unspecified atom stereocenters. The molecule has 2 saturated heterocycles. The number of piperidine rings is 1. The van der Waals surface area contributed by atoms with E-state index in [0.717, 1.165) is 74.2 Å². The Bertz CT molecular complexity index is 979. The minimum Gasteiger partial charge on any atom is -0.384 e. The van der Waals surface area contributed by atoms with E-state index < -0.39 is 0 Å². The van der Waals surface area contributed by atoms with E-state index in [2.05, 4.69) is 91.7 Å². The molecule has 2 aliphatic heterocycles. The van der Waals surface area contributed by atoms with Crippen LogP contribution in [0.3, 0.4) is 0 Å². The summed E-state index contributed by atoms with van der Waals surface area (Å²) in [6.07, 6.45) is 5.46. The van der Waals surface area contributed by atoms with Crippen molar-refractivity contribution in [2.45, 2.75) is 66.0 Å². The average Bonchev–Trinajstić information content (AvgIpc) is 2.89. The van der Waals surface area contributed by atoms with Crippen LogP contribution < -0.4 is 5.32 Å². The molecule has 0 bridgehead atoms. The molecule has 36 heavy (non-hydrogen) atoms. The van der Waals surface area contributed by atoms with Gasteiger partial charge in [-0.1, -0.05) is 62.6 Å². The molecule has 0 aromatic heterocycles. The highest BCUT2D eigenvalue weighted by molar-refractivity contribution is 5.98. The zero-order valence-electron chi connectivity index (χ0n) is 23.3. The molecule has 1 atom stereocenters. The quantitative estimate of drug-likeness (QED) is 0.331. The molecule has 0 radical (unpaired) electrons. The fraction of sp³-hybridized carbons (Fsp3) is 0.516.